The first-order valence-corrected chi connectivity index (χ1v) is 6.79. The van der Waals surface area contributed by atoms with E-state index in [0.29, 0.717) is 15.6 Å². The molecule has 6 heteroatoms. The first-order valence-electron chi connectivity index (χ1n) is 5.06. The van der Waals surface area contributed by atoms with Crippen molar-refractivity contribution in [2.45, 2.75) is 0 Å². The predicted octanol–water partition coefficient (Wildman–Crippen LogP) is 2.59. The molecule has 0 saturated carbocycles. The van der Waals surface area contributed by atoms with Crippen LogP contribution in [0.4, 0.5) is 0 Å². The van der Waals surface area contributed by atoms with E-state index in [-0.39, 0.29) is 11.8 Å². The van der Waals surface area contributed by atoms with Crippen LogP contribution in [0.2, 0.25) is 0 Å². The Labute approximate surface area is 116 Å². The number of hydrogen-bond acceptors (Lipinski definition) is 3. The fourth-order valence-corrected chi connectivity index (χ4v) is 2.39. The summed E-state index contributed by atoms with van der Waals surface area (Å²) in [5.74, 6) is -0.706. The third-order valence-electron chi connectivity index (χ3n) is 2.19. The second-order valence-electron chi connectivity index (χ2n) is 3.40. The Kier molecular flexibility index (Phi) is 4.11. The molecule has 0 saturated heterocycles. The SMILES string of the molecule is O=C(NNC(=O)c1ccccc1Br)c1ccsc1. The zero-order valence-electron chi connectivity index (χ0n) is 9.14. The van der Waals surface area contributed by atoms with Crippen LogP contribution in [0.3, 0.4) is 0 Å². The number of amides is 2. The number of rotatable bonds is 2. The number of benzene rings is 1. The van der Waals surface area contributed by atoms with Crippen molar-refractivity contribution in [1.82, 2.24) is 10.9 Å². The molecule has 1 aromatic carbocycles. The van der Waals surface area contributed by atoms with E-state index in [1.807, 2.05) is 6.07 Å². The third-order valence-corrected chi connectivity index (χ3v) is 3.57. The summed E-state index contributed by atoms with van der Waals surface area (Å²) in [6, 6.07) is 8.67. The number of carbonyl (C=O) groups is 2. The maximum absolute atomic E-state index is 11.8. The molecule has 0 fully saturated rings. The molecular weight excluding hydrogens is 316 g/mol. The van der Waals surface area contributed by atoms with Crippen LogP contribution >= 0.6 is 27.3 Å². The van der Waals surface area contributed by atoms with Gasteiger partial charge in [-0.15, -0.1) is 0 Å². The Balaban J connectivity index is 1.97. The van der Waals surface area contributed by atoms with E-state index >= 15 is 0 Å². The van der Waals surface area contributed by atoms with Gasteiger partial charge in [-0.25, -0.2) is 0 Å². The normalized spacial score (nSPS) is 9.83. The molecule has 1 heterocycles. The molecule has 0 radical (unpaired) electrons. The van der Waals surface area contributed by atoms with Crippen LogP contribution in [0.15, 0.2) is 45.6 Å². The molecule has 0 spiro atoms. The van der Waals surface area contributed by atoms with Crippen LogP contribution in [-0.2, 0) is 0 Å². The van der Waals surface area contributed by atoms with Gasteiger partial charge in [-0.05, 0) is 39.5 Å². The predicted molar refractivity (Wildman–Crippen MR) is 73.4 cm³/mol. The molecule has 2 rings (SSSR count). The van der Waals surface area contributed by atoms with E-state index in [4.69, 9.17) is 0 Å². The summed E-state index contributed by atoms with van der Waals surface area (Å²) >= 11 is 4.69. The first kappa shape index (κ1) is 12.8. The summed E-state index contributed by atoms with van der Waals surface area (Å²) in [6.07, 6.45) is 0. The van der Waals surface area contributed by atoms with Crippen molar-refractivity contribution in [3.63, 3.8) is 0 Å². The van der Waals surface area contributed by atoms with E-state index in [1.54, 1.807) is 35.0 Å². The number of nitrogens with one attached hydrogen (secondary N) is 2. The average Bonchev–Trinajstić information content (AvgIpc) is 2.90. The van der Waals surface area contributed by atoms with Gasteiger partial charge in [0.2, 0.25) is 0 Å². The molecule has 4 nitrogen and oxygen atoms in total. The minimum Gasteiger partial charge on any atom is -0.267 e. The van der Waals surface area contributed by atoms with Crippen LogP contribution in [0.25, 0.3) is 0 Å². The largest absolute Gasteiger partial charge is 0.270 e. The lowest BCUT2D eigenvalue weighted by atomic mass is 10.2. The lowest BCUT2D eigenvalue weighted by Gasteiger charge is -2.07. The standard InChI is InChI=1S/C12H9BrN2O2S/c13-10-4-2-1-3-9(10)12(17)15-14-11(16)8-5-6-18-7-8/h1-7H,(H,14,16)(H,15,17). The molecule has 2 amide bonds. The van der Waals surface area contributed by atoms with Crippen LogP contribution in [0, 0.1) is 0 Å². The van der Waals surface area contributed by atoms with Crippen LogP contribution < -0.4 is 10.9 Å². The van der Waals surface area contributed by atoms with Gasteiger partial charge in [-0.1, -0.05) is 12.1 Å². The first-order chi connectivity index (χ1) is 8.68. The van der Waals surface area contributed by atoms with Gasteiger partial charge in [0, 0.05) is 9.85 Å². The third kappa shape index (κ3) is 2.96. The number of halogens is 1. The maximum Gasteiger partial charge on any atom is 0.270 e. The number of hydrazine groups is 1. The van der Waals surface area contributed by atoms with Gasteiger partial charge in [0.05, 0.1) is 11.1 Å². The van der Waals surface area contributed by atoms with Gasteiger partial charge in [0.15, 0.2) is 0 Å². The number of hydrogen-bond donors (Lipinski definition) is 2. The van der Waals surface area contributed by atoms with Crippen molar-refractivity contribution < 1.29 is 9.59 Å². The van der Waals surface area contributed by atoms with Gasteiger partial charge >= 0.3 is 0 Å². The highest BCUT2D eigenvalue weighted by Crippen LogP contribution is 2.15. The highest BCUT2D eigenvalue weighted by Gasteiger charge is 2.11. The molecule has 2 N–H and O–H groups in total. The molecule has 0 aliphatic heterocycles. The molecule has 0 atom stereocenters. The quantitative estimate of drug-likeness (QED) is 0.834. The molecule has 0 aliphatic carbocycles. The Morgan fingerprint density at radius 3 is 2.44 bits per heavy atom. The molecule has 92 valence electrons. The van der Waals surface area contributed by atoms with E-state index in [2.05, 4.69) is 26.8 Å². The van der Waals surface area contributed by atoms with Crippen molar-refractivity contribution in [3.8, 4) is 0 Å². The second-order valence-corrected chi connectivity index (χ2v) is 5.03. The van der Waals surface area contributed by atoms with Gasteiger partial charge < -0.3 is 0 Å². The fourth-order valence-electron chi connectivity index (χ4n) is 1.29. The summed E-state index contributed by atoms with van der Waals surface area (Å²) in [7, 11) is 0. The molecule has 2 aromatic rings. The summed E-state index contributed by atoms with van der Waals surface area (Å²) in [5.41, 5.74) is 5.70. The summed E-state index contributed by atoms with van der Waals surface area (Å²) in [4.78, 5) is 23.4. The second kappa shape index (κ2) is 5.79. The zero-order valence-corrected chi connectivity index (χ0v) is 11.5. The highest BCUT2D eigenvalue weighted by molar-refractivity contribution is 9.10. The Hall–Kier alpha value is -1.66. The zero-order chi connectivity index (χ0) is 13.0. The van der Waals surface area contributed by atoms with Crippen molar-refractivity contribution >= 4 is 39.1 Å². The minimum atomic E-state index is -0.369. The molecule has 18 heavy (non-hydrogen) atoms. The van der Waals surface area contributed by atoms with Crippen molar-refractivity contribution in [3.05, 3.63) is 56.7 Å². The lowest BCUT2D eigenvalue weighted by Crippen LogP contribution is -2.41. The van der Waals surface area contributed by atoms with E-state index in [9.17, 15) is 9.59 Å². The van der Waals surface area contributed by atoms with Crippen LogP contribution in [0.5, 0.6) is 0 Å². The van der Waals surface area contributed by atoms with Crippen LogP contribution in [0.1, 0.15) is 20.7 Å². The Morgan fingerprint density at radius 2 is 1.78 bits per heavy atom. The van der Waals surface area contributed by atoms with Crippen molar-refractivity contribution in [1.29, 1.82) is 0 Å². The molecular formula is C12H9BrN2O2S. The Bertz CT molecular complexity index is 569. The van der Waals surface area contributed by atoms with Gasteiger partial charge in [0.1, 0.15) is 0 Å². The van der Waals surface area contributed by atoms with E-state index in [1.165, 1.54) is 11.3 Å². The average molecular weight is 325 g/mol. The van der Waals surface area contributed by atoms with Gasteiger partial charge in [-0.3, -0.25) is 20.4 Å². The monoisotopic (exact) mass is 324 g/mol. The summed E-state index contributed by atoms with van der Waals surface area (Å²) in [6.45, 7) is 0. The highest BCUT2D eigenvalue weighted by atomic mass is 79.9. The summed E-state index contributed by atoms with van der Waals surface area (Å²) < 4.78 is 0.673. The summed E-state index contributed by atoms with van der Waals surface area (Å²) in [5, 5.41) is 3.50. The molecule has 0 bridgehead atoms. The maximum atomic E-state index is 11.8. The fraction of sp³-hybridized carbons (Fsp3) is 0. The Morgan fingerprint density at radius 1 is 1.06 bits per heavy atom. The van der Waals surface area contributed by atoms with Crippen LogP contribution in [-0.4, -0.2) is 11.8 Å². The van der Waals surface area contributed by atoms with E-state index in [0.717, 1.165) is 0 Å². The minimum absolute atomic E-state index is 0.336. The molecule has 0 aliphatic rings. The van der Waals surface area contributed by atoms with Gasteiger partial charge in [0.25, 0.3) is 11.8 Å². The molecule has 0 unspecified atom stereocenters. The topological polar surface area (TPSA) is 58.2 Å². The number of carbonyl (C=O) groups excluding carboxylic acids is 2. The number of thiophene rings is 1. The smallest absolute Gasteiger partial charge is 0.267 e. The van der Waals surface area contributed by atoms with Gasteiger partial charge in [-0.2, -0.15) is 11.3 Å². The van der Waals surface area contributed by atoms with Crippen molar-refractivity contribution in [2.24, 2.45) is 0 Å². The lowest BCUT2D eigenvalue weighted by molar-refractivity contribution is 0.0846. The van der Waals surface area contributed by atoms with Crippen molar-refractivity contribution in [2.75, 3.05) is 0 Å². The molecule has 1 aromatic heterocycles. The van der Waals surface area contributed by atoms with E-state index < -0.39 is 0 Å².